The number of hydrogen-bond acceptors (Lipinski definition) is 2. The lowest BCUT2D eigenvalue weighted by molar-refractivity contribution is 0.598. The van der Waals surface area contributed by atoms with Crippen LogP contribution in [0.25, 0.3) is 0 Å². The molecule has 0 radical (unpaired) electrons. The zero-order chi connectivity index (χ0) is 18.6. The smallest absolute Gasteiger partial charge is 0.284 e. The van der Waals surface area contributed by atoms with Gasteiger partial charge in [-0.3, -0.25) is 0 Å². The van der Waals surface area contributed by atoms with Gasteiger partial charge in [-0.1, -0.05) is 54.1 Å². The molecule has 0 unspecified atom stereocenters. The van der Waals surface area contributed by atoms with Crippen molar-refractivity contribution in [1.82, 2.24) is 0 Å². The van der Waals surface area contributed by atoms with Crippen LogP contribution < -0.4 is 5.32 Å². The van der Waals surface area contributed by atoms with Crippen molar-refractivity contribution in [3.63, 3.8) is 0 Å². The van der Waals surface area contributed by atoms with E-state index in [4.69, 9.17) is 11.6 Å². The van der Waals surface area contributed by atoms with E-state index in [1.807, 2.05) is 49.4 Å². The second kappa shape index (κ2) is 7.72. The van der Waals surface area contributed by atoms with Gasteiger partial charge in [-0.25, -0.2) is 0 Å². The molecule has 0 aliphatic heterocycles. The highest BCUT2D eigenvalue weighted by Crippen LogP contribution is 2.18. The summed E-state index contributed by atoms with van der Waals surface area (Å²) in [4.78, 5) is 0.0846. The van der Waals surface area contributed by atoms with Crippen molar-refractivity contribution in [3.8, 4) is 0 Å². The predicted molar refractivity (Wildman–Crippen MR) is 106 cm³/mol. The van der Waals surface area contributed by atoms with E-state index in [2.05, 4.69) is 9.71 Å². The molecular weight excluding hydrogens is 368 g/mol. The Kier molecular flexibility index (Phi) is 5.40. The molecule has 26 heavy (non-hydrogen) atoms. The Morgan fingerprint density at radius 2 is 1.62 bits per heavy atom. The summed E-state index contributed by atoms with van der Waals surface area (Å²) in [5, 5.41) is 3.58. The Hall–Kier alpha value is -2.63. The summed E-state index contributed by atoms with van der Waals surface area (Å²) in [6.45, 7) is 1.97. The van der Waals surface area contributed by atoms with Gasteiger partial charge in [-0.15, -0.1) is 4.40 Å². The van der Waals surface area contributed by atoms with Crippen molar-refractivity contribution in [3.05, 3.63) is 95.0 Å². The highest BCUT2D eigenvalue weighted by Gasteiger charge is 2.16. The number of amidine groups is 1. The molecule has 0 heterocycles. The molecule has 1 N–H and O–H groups in total. The second-order valence-electron chi connectivity index (χ2n) is 5.73. The van der Waals surface area contributed by atoms with Crippen LogP contribution >= 0.6 is 11.6 Å². The number of anilines is 1. The van der Waals surface area contributed by atoms with Gasteiger partial charge in [0.15, 0.2) is 5.84 Å². The largest absolute Gasteiger partial charge is 0.339 e. The maximum absolute atomic E-state index is 12.7. The van der Waals surface area contributed by atoms with Crippen molar-refractivity contribution in [2.45, 2.75) is 11.8 Å². The van der Waals surface area contributed by atoms with Gasteiger partial charge in [-0.05, 0) is 48.9 Å². The van der Waals surface area contributed by atoms with E-state index in [9.17, 15) is 8.42 Å². The van der Waals surface area contributed by atoms with Crippen molar-refractivity contribution in [2.75, 3.05) is 5.32 Å². The summed E-state index contributed by atoms with van der Waals surface area (Å²) in [5.41, 5.74) is 2.49. The number of rotatable bonds is 4. The van der Waals surface area contributed by atoms with Crippen LogP contribution in [0.4, 0.5) is 5.69 Å². The summed E-state index contributed by atoms with van der Waals surface area (Å²) >= 11 is 5.84. The van der Waals surface area contributed by atoms with Crippen LogP contribution in [0.2, 0.25) is 5.02 Å². The van der Waals surface area contributed by atoms with Crippen molar-refractivity contribution in [2.24, 2.45) is 4.40 Å². The first-order chi connectivity index (χ1) is 12.4. The van der Waals surface area contributed by atoms with Crippen LogP contribution in [0.3, 0.4) is 0 Å². The Labute approximate surface area is 158 Å². The van der Waals surface area contributed by atoms with Gasteiger partial charge in [0.1, 0.15) is 0 Å². The quantitative estimate of drug-likeness (QED) is 0.514. The summed E-state index contributed by atoms with van der Waals surface area (Å²) in [6, 6.07) is 22.7. The molecule has 0 aliphatic rings. The fraction of sp³-hybridized carbons (Fsp3) is 0.0500. The van der Waals surface area contributed by atoms with Gasteiger partial charge >= 0.3 is 0 Å². The topological polar surface area (TPSA) is 58.5 Å². The van der Waals surface area contributed by atoms with E-state index in [0.717, 1.165) is 11.3 Å². The van der Waals surface area contributed by atoms with Crippen LogP contribution in [-0.2, 0) is 10.0 Å². The number of halogens is 1. The monoisotopic (exact) mass is 384 g/mol. The van der Waals surface area contributed by atoms with Gasteiger partial charge in [0.2, 0.25) is 0 Å². The molecular formula is C20H17ClN2O2S. The van der Waals surface area contributed by atoms with Gasteiger partial charge in [-0.2, -0.15) is 8.42 Å². The van der Waals surface area contributed by atoms with Gasteiger partial charge < -0.3 is 5.32 Å². The predicted octanol–water partition coefficient (Wildman–Crippen LogP) is 4.90. The third-order valence-electron chi connectivity index (χ3n) is 3.65. The molecule has 6 heteroatoms. The molecule has 0 amide bonds. The first-order valence-electron chi connectivity index (χ1n) is 7.94. The first-order valence-corrected chi connectivity index (χ1v) is 9.75. The number of benzene rings is 3. The number of nitrogens with one attached hydrogen (secondary N) is 1. The Morgan fingerprint density at radius 3 is 2.27 bits per heavy atom. The van der Waals surface area contributed by atoms with Crippen LogP contribution in [0.5, 0.6) is 0 Å². The van der Waals surface area contributed by atoms with Gasteiger partial charge in [0.25, 0.3) is 10.0 Å². The molecule has 0 saturated carbocycles. The van der Waals surface area contributed by atoms with Crippen molar-refractivity contribution in [1.29, 1.82) is 0 Å². The van der Waals surface area contributed by atoms with E-state index in [-0.39, 0.29) is 10.7 Å². The van der Waals surface area contributed by atoms with E-state index in [1.165, 1.54) is 24.3 Å². The zero-order valence-electron chi connectivity index (χ0n) is 14.1. The normalized spacial score (nSPS) is 12.0. The lowest BCUT2D eigenvalue weighted by Crippen LogP contribution is -2.16. The highest BCUT2D eigenvalue weighted by molar-refractivity contribution is 7.90. The summed E-state index contributed by atoms with van der Waals surface area (Å²) in [7, 11) is -3.89. The summed E-state index contributed by atoms with van der Waals surface area (Å²) in [6.07, 6.45) is 0. The minimum absolute atomic E-state index is 0.0846. The molecule has 0 spiro atoms. The molecule has 4 nitrogen and oxygen atoms in total. The van der Waals surface area contributed by atoms with Crippen molar-refractivity contribution < 1.29 is 8.42 Å². The lowest BCUT2D eigenvalue weighted by Gasteiger charge is -2.11. The first kappa shape index (κ1) is 18.2. The van der Waals surface area contributed by atoms with Crippen LogP contribution in [0, 0.1) is 6.92 Å². The molecule has 0 saturated heterocycles. The molecule has 3 rings (SSSR count). The van der Waals surface area contributed by atoms with Gasteiger partial charge in [0.05, 0.1) is 4.90 Å². The lowest BCUT2D eigenvalue weighted by atomic mass is 10.2. The SMILES string of the molecule is Cc1cccc(NC(=NS(=O)(=O)c2ccc(Cl)cc2)c2ccccc2)c1. The Morgan fingerprint density at radius 1 is 0.923 bits per heavy atom. The number of nitrogens with zero attached hydrogens (tertiary/aromatic N) is 1. The average molecular weight is 385 g/mol. The molecule has 132 valence electrons. The van der Waals surface area contributed by atoms with Gasteiger partial charge in [0, 0.05) is 16.3 Å². The Balaban J connectivity index is 2.05. The van der Waals surface area contributed by atoms with Crippen molar-refractivity contribution >= 4 is 33.1 Å². The van der Waals surface area contributed by atoms with E-state index < -0.39 is 10.0 Å². The van der Waals surface area contributed by atoms with Crippen LogP contribution in [0.1, 0.15) is 11.1 Å². The zero-order valence-corrected chi connectivity index (χ0v) is 15.6. The molecule has 0 aliphatic carbocycles. The fourth-order valence-electron chi connectivity index (χ4n) is 2.38. The highest BCUT2D eigenvalue weighted by atomic mass is 35.5. The van der Waals surface area contributed by atoms with E-state index >= 15 is 0 Å². The van der Waals surface area contributed by atoms with Crippen LogP contribution in [-0.4, -0.2) is 14.3 Å². The van der Waals surface area contributed by atoms with Crippen LogP contribution in [0.15, 0.2) is 88.2 Å². The minimum Gasteiger partial charge on any atom is -0.339 e. The Bertz CT molecular complexity index is 1030. The maximum Gasteiger partial charge on any atom is 0.284 e. The average Bonchev–Trinajstić information content (AvgIpc) is 2.62. The van der Waals surface area contributed by atoms with E-state index in [0.29, 0.717) is 10.6 Å². The second-order valence-corrected chi connectivity index (χ2v) is 7.77. The minimum atomic E-state index is -3.89. The number of hydrogen-bond donors (Lipinski definition) is 1. The maximum atomic E-state index is 12.7. The number of aryl methyl sites for hydroxylation is 1. The molecule has 0 atom stereocenters. The number of sulfonamides is 1. The standard InChI is InChI=1S/C20H17ClN2O2S/c1-15-6-5-9-18(14-15)22-20(16-7-3-2-4-8-16)23-26(24,25)19-12-10-17(21)11-13-19/h2-14H,1H3,(H,22,23). The molecule has 3 aromatic carbocycles. The molecule has 0 bridgehead atoms. The van der Waals surface area contributed by atoms with E-state index in [1.54, 1.807) is 12.1 Å². The third kappa shape index (κ3) is 4.50. The molecule has 3 aromatic rings. The summed E-state index contributed by atoms with van der Waals surface area (Å²) < 4.78 is 29.5. The third-order valence-corrected chi connectivity index (χ3v) is 5.19. The fourth-order valence-corrected chi connectivity index (χ4v) is 3.49. The molecule has 0 fully saturated rings. The molecule has 0 aromatic heterocycles. The summed E-state index contributed by atoms with van der Waals surface area (Å²) in [5.74, 6) is 0.256.